The van der Waals surface area contributed by atoms with E-state index in [4.69, 9.17) is 8.92 Å². The van der Waals surface area contributed by atoms with Crippen LogP contribution in [-0.4, -0.2) is 30.9 Å². The number of nitrogens with one attached hydrogen (secondary N) is 3. The summed E-state index contributed by atoms with van der Waals surface area (Å²) in [4.78, 5) is 19.3. The van der Waals surface area contributed by atoms with E-state index in [0.717, 1.165) is 30.0 Å². The van der Waals surface area contributed by atoms with Gasteiger partial charge in [0.1, 0.15) is 16.4 Å². The first-order valence-corrected chi connectivity index (χ1v) is 12.7. The number of hydrogen-bond acceptors (Lipinski definition) is 7. The molecule has 0 radical (unpaired) electrons. The van der Waals surface area contributed by atoms with Crippen molar-refractivity contribution < 1.29 is 22.1 Å². The lowest BCUT2D eigenvalue weighted by Crippen LogP contribution is -2.14. The third-order valence-corrected chi connectivity index (χ3v) is 6.71. The maximum atomic E-state index is 12.8. The second kappa shape index (κ2) is 9.30. The first-order chi connectivity index (χ1) is 16.9. The molecule has 1 aliphatic carbocycles. The fraction of sp³-hybridized carbons (Fsp3) is 0.200. The molecule has 1 amide bonds. The number of fused-ring (bicyclic) bond motifs is 1. The minimum atomic E-state index is -4.05. The molecule has 3 N–H and O–H groups in total. The van der Waals surface area contributed by atoms with E-state index in [1.807, 2.05) is 31.2 Å². The zero-order valence-corrected chi connectivity index (χ0v) is 19.8. The molecule has 5 rings (SSSR count). The zero-order valence-electron chi connectivity index (χ0n) is 18.9. The van der Waals surface area contributed by atoms with Crippen molar-refractivity contribution in [3.8, 4) is 11.5 Å². The smallest absolute Gasteiger partial charge is 0.339 e. The number of rotatable bonds is 9. The summed E-state index contributed by atoms with van der Waals surface area (Å²) >= 11 is 0. The zero-order chi connectivity index (χ0) is 24.4. The Labute approximate surface area is 202 Å². The highest BCUT2D eigenvalue weighted by Gasteiger charge is 2.30. The van der Waals surface area contributed by atoms with E-state index in [-0.39, 0.29) is 22.5 Å². The van der Waals surface area contributed by atoms with Crippen LogP contribution < -0.4 is 19.6 Å². The Kier molecular flexibility index (Phi) is 6.04. The monoisotopic (exact) mass is 492 g/mol. The lowest BCUT2D eigenvalue weighted by atomic mass is 10.2. The topological polar surface area (TPSA) is 122 Å². The Morgan fingerprint density at radius 2 is 1.66 bits per heavy atom. The lowest BCUT2D eigenvalue weighted by Gasteiger charge is -2.10. The number of hydrogen-bond donors (Lipinski definition) is 3. The number of aromatic nitrogens is 2. The van der Waals surface area contributed by atoms with E-state index in [0.29, 0.717) is 23.6 Å². The van der Waals surface area contributed by atoms with Gasteiger partial charge in [-0.05, 0) is 80.4 Å². The van der Waals surface area contributed by atoms with Crippen molar-refractivity contribution in [1.29, 1.82) is 0 Å². The van der Waals surface area contributed by atoms with Crippen LogP contribution in [0.5, 0.6) is 11.5 Å². The van der Waals surface area contributed by atoms with Gasteiger partial charge in [-0.15, -0.1) is 0 Å². The van der Waals surface area contributed by atoms with Crippen LogP contribution in [0.2, 0.25) is 0 Å². The van der Waals surface area contributed by atoms with Crippen molar-refractivity contribution in [2.24, 2.45) is 5.92 Å². The molecule has 0 unspecified atom stereocenters. The van der Waals surface area contributed by atoms with Crippen LogP contribution >= 0.6 is 0 Å². The molecule has 9 nitrogen and oxygen atoms in total. The van der Waals surface area contributed by atoms with E-state index in [2.05, 4.69) is 20.6 Å². The van der Waals surface area contributed by atoms with Gasteiger partial charge >= 0.3 is 10.1 Å². The average Bonchev–Trinajstić information content (AvgIpc) is 3.61. The fourth-order valence-electron chi connectivity index (χ4n) is 3.51. The number of benzene rings is 3. The molecule has 1 aromatic heterocycles. The number of imidazole rings is 1. The summed E-state index contributed by atoms with van der Waals surface area (Å²) in [6, 6.07) is 18.5. The Morgan fingerprint density at radius 3 is 2.31 bits per heavy atom. The number of anilines is 3. The molecular weight excluding hydrogens is 468 g/mol. The van der Waals surface area contributed by atoms with Crippen molar-refractivity contribution in [3.63, 3.8) is 0 Å². The van der Waals surface area contributed by atoms with Gasteiger partial charge in [-0.25, -0.2) is 4.98 Å². The first-order valence-electron chi connectivity index (χ1n) is 11.2. The third kappa shape index (κ3) is 5.38. The van der Waals surface area contributed by atoms with E-state index >= 15 is 0 Å². The summed E-state index contributed by atoms with van der Waals surface area (Å²) in [5.41, 5.74) is 2.72. The number of carbonyl (C=O) groups is 1. The van der Waals surface area contributed by atoms with Crippen LogP contribution in [0.15, 0.2) is 71.6 Å². The molecular formula is C25H24N4O5S. The van der Waals surface area contributed by atoms with Gasteiger partial charge in [0.25, 0.3) is 0 Å². The van der Waals surface area contributed by atoms with Gasteiger partial charge in [0.15, 0.2) is 0 Å². The largest absolute Gasteiger partial charge is 0.494 e. The normalized spacial score (nSPS) is 13.4. The maximum Gasteiger partial charge on any atom is 0.339 e. The van der Waals surface area contributed by atoms with Gasteiger partial charge in [0.2, 0.25) is 11.9 Å². The minimum absolute atomic E-state index is 0.0248. The van der Waals surface area contributed by atoms with Gasteiger partial charge < -0.3 is 19.2 Å². The van der Waals surface area contributed by atoms with Gasteiger partial charge in [0.05, 0.1) is 17.6 Å². The van der Waals surface area contributed by atoms with Crippen LogP contribution in [0.25, 0.3) is 11.0 Å². The molecule has 1 fully saturated rings. The Balaban J connectivity index is 1.26. The quantitative estimate of drug-likeness (QED) is 0.286. The minimum Gasteiger partial charge on any atom is -0.494 e. The number of aromatic amines is 1. The van der Waals surface area contributed by atoms with Crippen LogP contribution in [0.4, 0.5) is 17.3 Å². The van der Waals surface area contributed by atoms with Gasteiger partial charge in [-0.2, -0.15) is 8.42 Å². The SMILES string of the molecule is CCOc1ccc(Nc2ccc(S(=O)(=O)Oc3ccc4nc(NC(=O)C5CC5)[nH]c4c3)cc2)cc1. The van der Waals surface area contributed by atoms with E-state index in [1.54, 1.807) is 18.2 Å². The molecule has 180 valence electrons. The summed E-state index contributed by atoms with van der Waals surface area (Å²) < 4.78 is 36.4. The van der Waals surface area contributed by atoms with E-state index in [1.165, 1.54) is 24.3 Å². The second-order valence-corrected chi connectivity index (χ2v) is 9.72. The van der Waals surface area contributed by atoms with Crippen molar-refractivity contribution >= 4 is 44.4 Å². The predicted octanol–water partition coefficient (Wildman–Crippen LogP) is 4.82. The maximum absolute atomic E-state index is 12.8. The molecule has 0 atom stereocenters. The summed E-state index contributed by atoms with van der Waals surface area (Å²) in [7, 11) is -4.05. The highest BCUT2D eigenvalue weighted by Crippen LogP contribution is 2.30. The Hall–Kier alpha value is -4.05. The second-order valence-electron chi connectivity index (χ2n) is 8.17. The van der Waals surface area contributed by atoms with Gasteiger partial charge in [-0.1, -0.05) is 0 Å². The highest BCUT2D eigenvalue weighted by atomic mass is 32.2. The summed E-state index contributed by atoms with van der Waals surface area (Å²) in [5.74, 6) is 1.23. The first kappa shape index (κ1) is 22.7. The van der Waals surface area contributed by atoms with Crippen molar-refractivity contribution in [1.82, 2.24) is 9.97 Å². The molecule has 0 spiro atoms. The number of carbonyl (C=O) groups excluding carboxylic acids is 1. The standard InChI is InChI=1S/C25H24N4O5S/c1-2-33-19-9-5-17(6-10-19)26-18-7-12-21(13-8-18)35(31,32)34-20-11-14-22-23(15-20)28-25(27-22)29-24(30)16-3-4-16/h5-16,26H,2-4H2,1H3,(H2,27,28,29,30). The number of nitrogens with zero attached hydrogens (tertiary/aromatic N) is 1. The van der Waals surface area contributed by atoms with Gasteiger partial charge in [-0.3, -0.25) is 10.1 Å². The van der Waals surface area contributed by atoms with Crippen LogP contribution in [0.3, 0.4) is 0 Å². The van der Waals surface area contributed by atoms with Crippen molar-refractivity contribution in [3.05, 3.63) is 66.7 Å². The molecule has 1 aliphatic rings. The average molecular weight is 493 g/mol. The summed E-state index contributed by atoms with van der Waals surface area (Å²) in [5, 5.41) is 5.96. The molecule has 10 heteroatoms. The molecule has 0 saturated heterocycles. The lowest BCUT2D eigenvalue weighted by molar-refractivity contribution is -0.117. The number of ether oxygens (including phenoxy) is 1. The molecule has 0 aliphatic heterocycles. The predicted molar refractivity (Wildman–Crippen MR) is 133 cm³/mol. The molecule has 1 saturated carbocycles. The third-order valence-electron chi connectivity index (χ3n) is 5.45. The van der Waals surface area contributed by atoms with Crippen molar-refractivity contribution in [2.45, 2.75) is 24.7 Å². The molecule has 4 aromatic rings. The van der Waals surface area contributed by atoms with Crippen LogP contribution in [0.1, 0.15) is 19.8 Å². The summed E-state index contributed by atoms with van der Waals surface area (Å²) in [6.45, 7) is 2.52. The molecule has 35 heavy (non-hydrogen) atoms. The van der Waals surface area contributed by atoms with Crippen LogP contribution in [0, 0.1) is 5.92 Å². The highest BCUT2D eigenvalue weighted by molar-refractivity contribution is 7.87. The van der Waals surface area contributed by atoms with Gasteiger partial charge in [0, 0.05) is 23.4 Å². The Bertz CT molecular complexity index is 1460. The molecule has 0 bridgehead atoms. The fourth-order valence-corrected chi connectivity index (χ4v) is 4.43. The van der Waals surface area contributed by atoms with Crippen LogP contribution in [-0.2, 0) is 14.9 Å². The molecule has 1 heterocycles. The molecule has 3 aromatic carbocycles. The number of amides is 1. The van der Waals surface area contributed by atoms with Crippen molar-refractivity contribution in [2.75, 3.05) is 17.2 Å². The number of H-pyrrole nitrogens is 1. The summed E-state index contributed by atoms with van der Waals surface area (Å²) in [6.07, 6.45) is 1.78. The van der Waals surface area contributed by atoms with E-state index < -0.39 is 10.1 Å². The van der Waals surface area contributed by atoms with E-state index in [9.17, 15) is 13.2 Å². The Morgan fingerprint density at radius 1 is 1.00 bits per heavy atom.